The van der Waals surface area contributed by atoms with Crippen LogP contribution in [0.3, 0.4) is 0 Å². The molecule has 0 bridgehead atoms. The summed E-state index contributed by atoms with van der Waals surface area (Å²) in [5, 5.41) is 21.1. The van der Waals surface area contributed by atoms with Crippen molar-refractivity contribution in [3.8, 4) is 6.07 Å². The molecule has 1 atom stereocenters. The van der Waals surface area contributed by atoms with Crippen molar-refractivity contribution in [1.29, 1.82) is 5.26 Å². The first-order valence-corrected chi connectivity index (χ1v) is 5.29. The molecule has 2 N–H and O–H groups in total. The Bertz CT molecular complexity index is 469. The van der Waals surface area contributed by atoms with Gasteiger partial charge in [0, 0.05) is 25.8 Å². The van der Waals surface area contributed by atoms with Crippen molar-refractivity contribution in [2.75, 3.05) is 24.5 Å². The Hall–Kier alpha value is -2.13. The molecular formula is C11H12N4O2. The molecule has 6 nitrogen and oxygen atoms in total. The third kappa shape index (κ3) is 2.19. The molecule has 2 rings (SSSR count). The summed E-state index contributed by atoms with van der Waals surface area (Å²) in [6, 6.07) is 4.77. The van der Waals surface area contributed by atoms with Gasteiger partial charge in [0.1, 0.15) is 12.1 Å². The van der Waals surface area contributed by atoms with Crippen molar-refractivity contribution in [3.63, 3.8) is 0 Å². The minimum absolute atomic E-state index is 0.264. The van der Waals surface area contributed by atoms with Gasteiger partial charge in [-0.15, -0.1) is 0 Å². The molecule has 0 aromatic carbocycles. The van der Waals surface area contributed by atoms with E-state index in [4.69, 9.17) is 10.4 Å². The molecule has 1 aliphatic rings. The fraction of sp³-hybridized carbons (Fsp3) is 0.364. The molecule has 0 saturated carbocycles. The molecular weight excluding hydrogens is 220 g/mol. The van der Waals surface area contributed by atoms with Gasteiger partial charge in [-0.2, -0.15) is 5.26 Å². The Morgan fingerprint density at radius 3 is 3.24 bits per heavy atom. The molecule has 0 spiro atoms. The highest BCUT2D eigenvalue weighted by molar-refractivity contribution is 5.79. The SMILES string of the molecule is N#Cc1ncccc1N1CCNCC1C(=O)O. The lowest BCUT2D eigenvalue weighted by Gasteiger charge is -2.35. The molecule has 17 heavy (non-hydrogen) atoms. The van der Waals surface area contributed by atoms with Gasteiger partial charge in [0.05, 0.1) is 5.69 Å². The molecule has 88 valence electrons. The molecule has 1 aliphatic heterocycles. The minimum Gasteiger partial charge on any atom is -0.480 e. The van der Waals surface area contributed by atoms with E-state index in [9.17, 15) is 4.79 Å². The summed E-state index contributed by atoms with van der Waals surface area (Å²) in [5.41, 5.74) is 0.851. The normalized spacial score (nSPS) is 19.7. The Kier molecular flexibility index (Phi) is 3.21. The lowest BCUT2D eigenvalue weighted by atomic mass is 10.1. The highest BCUT2D eigenvalue weighted by Crippen LogP contribution is 2.21. The van der Waals surface area contributed by atoms with E-state index in [0.717, 1.165) is 0 Å². The predicted molar refractivity (Wildman–Crippen MR) is 60.6 cm³/mol. The van der Waals surface area contributed by atoms with E-state index in [1.54, 1.807) is 17.0 Å². The molecule has 1 aromatic heterocycles. The quantitative estimate of drug-likeness (QED) is 0.735. The Labute approximate surface area is 98.5 Å². The van der Waals surface area contributed by atoms with Crippen LogP contribution in [0.5, 0.6) is 0 Å². The number of carboxylic acid groups (broad SMARTS) is 1. The smallest absolute Gasteiger partial charge is 0.327 e. The minimum atomic E-state index is -0.898. The average Bonchev–Trinajstić information content (AvgIpc) is 2.38. The number of nitrogens with one attached hydrogen (secondary N) is 1. The fourth-order valence-electron chi connectivity index (χ4n) is 1.93. The van der Waals surface area contributed by atoms with Crippen LogP contribution in [0.2, 0.25) is 0 Å². The van der Waals surface area contributed by atoms with Crippen molar-refractivity contribution < 1.29 is 9.90 Å². The molecule has 1 aromatic rings. The second-order valence-corrected chi connectivity index (χ2v) is 3.73. The Morgan fingerprint density at radius 2 is 2.53 bits per heavy atom. The van der Waals surface area contributed by atoms with Gasteiger partial charge in [-0.1, -0.05) is 0 Å². The van der Waals surface area contributed by atoms with E-state index < -0.39 is 12.0 Å². The highest BCUT2D eigenvalue weighted by atomic mass is 16.4. The molecule has 1 unspecified atom stereocenters. The molecule has 6 heteroatoms. The average molecular weight is 232 g/mol. The van der Waals surface area contributed by atoms with E-state index in [2.05, 4.69) is 10.3 Å². The number of hydrogen-bond donors (Lipinski definition) is 2. The molecule has 1 fully saturated rings. The maximum absolute atomic E-state index is 11.2. The van der Waals surface area contributed by atoms with Crippen LogP contribution in [0.4, 0.5) is 5.69 Å². The van der Waals surface area contributed by atoms with Gasteiger partial charge in [0.2, 0.25) is 0 Å². The van der Waals surface area contributed by atoms with Crippen LogP contribution in [0.1, 0.15) is 5.69 Å². The lowest BCUT2D eigenvalue weighted by Crippen LogP contribution is -2.55. The van der Waals surface area contributed by atoms with Crippen LogP contribution < -0.4 is 10.2 Å². The maximum atomic E-state index is 11.2. The number of carbonyl (C=O) groups is 1. The number of pyridine rings is 1. The topological polar surface area (TPSA) is 89.3 Å². The van der Waals surface area contributed by atoms with Gasteiger partial charge in [0.25, 0.3) is 0 Å². The third-order valence-electron chi connectivity index (χ3n) is 2.73. The molecule has 0 radical (unpaired) electrons. The molecule has 0 amide bonds. The largest absolute Gasteiger partial charge is 0.480 e. The number of nitriles is 1. The summed E-state index contributed by atoms with van der Waals surface area (Å²) in [5.74, 6) is -0.898. The lowest BCUT2D eigenvalue weighted by molar-refractivity contribution is -0.138. The predicted octanol–water partition coefficient (Wildman–Crippen LogP) is -0.184. The summed E-state index contributed by atoms with van der Waals surface area (Å²) in [7, 11) is 0. The molecule has 0 aliphatic carbocycles. The van der Waals surface area contributed by atoms with Crippen molar-refractivity contribution in [2.24, 2.45) is 0 Å². The van der Waals surface area contributed by atoms with Crippen LogP contribution in [-0.2, 0) is 4.79 Å². The summed E-state index contributed by atoms with van der Waals surface area (Å²) in [6.45, 7) is 1.62. The maximum Gasteiger partial charge on any atom is 0.327 e. The highest BCUT2D eigenvalue weighted by Gasteiger charge is 2.29. The van der Waals surface area contributed by atoms with Crippen LogP contribution in [0, 0.1) is 11.3 Å². The first-order chi connectivity index (χ1) is 8.24. The zero-order valence-corrected chi connectivity index (χ0v) is 9.13. The van der Waals surface area contributed by atoms with Gasteiger partial charge >= 0.3 is 5.97 Å². The number of aliphatic carboxylic acids is 1. The van der Waals surface area contributed by atoms with Gasteiger partial charge in [-0.3, -0.25) is 0 Å². The van der Waals surface area contributed by atoms with Crippen LogP contribution in [0.25, 0.3) is 0 Å². The van der Waals surface area contributed by atoms with E-state index in [1.165, 1.54) is 6.20 Å². The second kappa shape index (κ2) is 4.80. The van der Waals surface area contributed by atoms with Crippen molar-refractivity contribution >= 4 is 11.7 Å². The third-order valence-corrected chi connectivity index (χ3v) is 2.73. The zero-order valence-electron chi connectivity index (χ0n) is 9.13. The van der Waals surface area contributed by atoms with Crippen molar-refractivity contribution in [1.82, 2.24) is 10.3 Å². The second-order valence-electron chi connectivity index (χ2n) is 3.73. The molecule has 1 saturated heterocycles. The van der Waals surface area contributed by atoms with Gasteiger partial charge in [-0.25, -0.2) is 9.78 Å². The Balaban J connectivity index is 2.36. The number of anilines is 1. The zero-order chi connectivity index (χ0) is 12.3. The monoisotopic (exact) mass is 232 g/mol. The molecule has 2 heterocycles. The summed E-state index contributed by atoms with van der Waals surface area (Å²) in [4.78, 5) is 16.8. The van der Waals surface area contributed by atoms with Crippen molar-refractivity contribution in [2.45, 2.75) is 6.04 Å². The van der Waals surface area contributed by atoms with E-state index >= 15 is 0 Å². The first kappa shape index (κ1) is 11.4. The standard InChI is InChI=1S/C11H12N4O2/c12-6-8-9(2-1-3-14-8)15-5-4-13-7-10(15)11(16)17/h1-3,10,13H,4-5,7H2,(H,16,17). The van der Waals surface area contributed by atoms with E-state index in [-0.39, 0.29) is 5.69 Å². The number of nitrogens with zero attached hydrogens (tertiary/aromatic N) is 3. The van der Waals surface area contributed by atoms with Crippen molar-refractivity contribution in [3.05, 3.63) is 24.0 Å². The van der Waals surface area contributed by atoms with Crippen LogP contribution >= 0.6 is 0 Å². The summed E-state index contributed by atoms with van der Waals surface area (Å²) < 4.78 is 0. The van der Waals surface area contributed by atoms with E-state index in [0.29, 0.717) is 25.3 Å². The summed E-state index contributed by atoms with van der Waals surface area (Å²) in [6.07, 6.45) is 1.53. The van der Waals surface area contributed by atoms with E-state index in [1.807, 2.05) is 6.07 Å². The fourth-order valence-corrected chi connectivity index (χ4v) is 1.93. The Morgan fingerprint density at radius 1 is 1.71 bits per heavy atom. The number of rotatable bonds is 2. The van der Waals surface area contributed by atoms with Gasteiger partial charge < -0.3 is 15.3 Å². The number of hydrogen-bond acceptors (Lipinski definition) is 5. The van der Waals surface area contributed by atoms with Gasteiger partial charge in [-0.05, 0) is 12.1 Å². The number of piperazine rings is 1. The number of carboxylic acids is 1. The first-order valence-electron chi connectivity index (χ1n) is 5.29. The van der Waals surface area contributed by atoms with Crippen LogP contribution in [0.15, 0.2) is 18.3 Å². The summed E-state index contributed by atoms with van der Waals surface area (Å²) >= 11 is 0. The van der Waals surface area contributed by atoms with Gasteiger partial charge in [0.15, 0.2) is 5.69 Å². The van der Waals surface area contributed by atoms with Crippen LogP contribution in [-0.4, -0.2) is 41.7 Å². The number of aromatic nitrogens is 1.